The van der Waals surface area contributed by atoms with Crippen LogP contribution >= 0.6 is 15.9 Å². The lowest BCUT2D eigenvalue weighted by Crippen LogP contribution is -2.15. The number of aromatic nitrogens is 2. The van der Waals surface area contributed by atoms with Gasteiger partial charge >= 0.3 is 0 Å². The predicted molar refractivity (Wildman–Crippen MR) is 84.0 cm³/mol. The molecule has 0 radical (unpaired) electrons. The molecule has 7 heteroatoms. The first-order chi connectivity index (χ1) is 9.90. The zero-order valence-corrected chi connectivity index (χ0v) is 13.8. The van der Waals surface area contributed by atoms with Crippen molar-refractivity contribution in [2.45, 2.75) is 26.9 Å². The van der Waals surface area contributed by atoms with Gasteiger partial charge in [-0.2, -0.15) is 5.10 Å². The molecule has 6 nitrogen and oxygen atoms in total. The van der Waals surface area contributed by atoms with Crippen LogP contribution in [0.1, 0.15) is 22.5 Å². The van der Waals surface area contributed by atoms with E-state index in [9.17, 15) is 10.1 Å². The van der Waals surface area contributed by atoms with Gasteiger partial charge in [-0.15, -0.1) is 0 Å². The molecule has 0 aliphatic heterocycles. The molecule has 0 fully saturated rings. The summed E-state index contributed by atoms with van der Waals surface area (Å²) in [4.78, 5) is 10.7. The van der Waals surface area contributed by atoms with E-state index in [-0.39, 0.29) is 10.6 Å². The molecular weight excluding hydrogens is 336 g/mol. The second kappa shape index (κ2) is 6.36. The second-order valence-electron chi connectivity index (χ2n) is 4.91. The van der Waals surface area contributed by atoms with Gasteiger partial charge in [-0.3, -0.25) is 14.8 Å². The molecule has 0 aliphatic carbocycles. The molecule has 0 amide bonds. The van der Waals surface area contributed by atoms with Crippen molar-refractivity contribution in [3.05, 3.63) is 55.3 Å². The molecule has 1 heterocycles. The minimum Gasteiger partial charge on any atom is -0.308 e. The lowest BCUT2D eigenvalue weighted by molar-refractivity contribution is -0.385. The average molecular weight is 353 g/mol. The third-order valence-corrected chi connectivity index (χ3v) is 4.01. The average Bonchev–Trinajstić information content (AvgIpc) is 2.65. The fraction of sp³-hybridized carbons (Fsp3) is 0.357. The zero-order chi connectivity index (χ0) is 15.6. The van der Waals surface area contributed by atoms with Gasteiger partial charge in [0, 0.05) is 47.5 Å². The van der Waals surface area contributed by atoms with Gasteiger partial charge in [-0.05, 0) is 26.0 Å². The van der Waals surface area contributed by atoms with Crippen LogP contribution in [-0.4, -0.2) is 14.7 Å². The Kier molecular flexibility index (Phi) is 4.74. The maximum atomic E-state index is 11.0. The SMILES string of the molecule is Cc1nn(C)c(C)c1CNCc1cc(Br)ccc1[N+](=O)[O-]. The van der Waals surface area contributed by atoms with Gasteiger partial charge in [0.05, 0.1) is 10.6 Å². The fourth-order valence-electron chi connectivity index (χ4n) is 2.27. The van der Waals surface area contributed by atoms with E-state index >= 15 is 0 Å². The Balaban J connectivity index is 2.10. The van der Waals surface area contributed by atoms with E-state index in [1.807, 2.05) is 25.6 Å². The van der Waals surface area contributed by atoms with Crippen molar-refractivity contribution in [1.82, 2.24) is 15.1 Å². The van der Waals surface area contributed by atoms with E-state index in [0.717, 1.165) is 21.4 Å². The van der Waals surface area contributed by atoms with Crippen molar-refractivity contribution in [2.24, 2.45) is 7.05 Å². The normalized spacial score (nSPS) is 10.9. The van der Waals surface area contributed by atoms with E-state index in [1.165, 1.54) is 6.07 Å². The van der Waals surface area contributed by atoms with Crippen molar-refractivity contribution >= 4 is 21.6 Å². The fourth-order valence-corrected chi connectivity index (χ4v) is 2.68. The Bertz CT molecular complexity index is 682. The highest BCUT2D eigenvalue weighted by molar-refractivity contribution is 9.10. The van der Waals surface area contributed by atoms with Crippen LogP contribution in [0.5, 0.6) is 0 Å². The summed E-state index contributed by atoms with van der Waals surface area (Å²) in [5, 5.41) is 18.6. The van der Waals surface area contributed by atoms with Crippen LogP contribution < -0.4 is 5.32 Å². The maximum Gasteiger partial charge on any atom is 0.273 e. The van der Waals surface area contributed by atoms with Gasteiger partial charge in [0.1, 0.15) is 0 Å². The van der Waals surface area contributed by atoms with Crippen LogP contribution in [0.15, 0.2) is 22.7 Å². The van der Waals surface area contributed by atoms with E-state index in [0.29, 0.717) is 18.7 Å². The highest BCUT2D eigenvalue weighted by atomic mass is 79.9. The summed E-state index contributed by atoms with van der Waals surface area (Å²) in [6.07, 6.45) is 0. The highest BCUT2D eigenvalue weighted by Gasteiger charge is 2.14. The largest absolute Gasteiger partial charge is 0.308 e. The van der Waals surface area contributed by atoms with Crippen LogP contribution in [0.25, 0.3) is 0 Å². The number of benzene rings is 1. The number of rotatable bonds is 5. The standard InChI is InChI=1S/C14H17BrN4O2/c1-9-13(10(2)18(3)17-9)8-16-7-11-6-12(15)4-5-14(11)19(20)21/h4-6,16H,7-8H2,1-3H3. The predicted octanol–water partition coefficient (Wildman–Crippen LogP) is 3.00. The Morgan fingerprint density at radius 3 is 2.67 bits per heavy atom. The van der Waals surface area contributed by atoms with Crippen LogP contribution in [0.2, 0.25) is 0 Å². The van der Waals surface area contributed by atoms with Crippen molar-refractivity contribution in [2.75, 3.05) is 0 Å². The number of nitrogens with one attached hydrogen (secondary N) is 1. The zero-order valence-electron chi connectivity index (χ0n) is 12.2. The minimum atomic E-state index is -0.357. The lowest BCUT2D eigenvalue weighted by atomic mass is 10.1. The van der Waals surface area contributed by atoms with Gasteiger partial charge in [0.25, 0.3) is 5.69 Å². The van der Waals surface area contributed by atoms with Crippen LogP contribution in [-0.2, 0) is 20.1 Å². The summed E-state index contributed by atoms with van der Waals surface area (Å²) < 4.78 is 2.67. The number of aryl methyl sites for hydroxylation is 2. The highest BCUT2D eigenvalue weighted by Crippen LogP contribution is 2.23. The molecule has 1 aromatic carbocycles. The van der Waals surface area contributed by atoms with E-state index < -0.39 is 0 Å². The van der Waals surface area contributed by atoms with E-state index in [1.54, 1.807) is 12.1 Å². The molecule has 0 spiro atoms. The third kappa shape index (κ3) is 3.48. The summed E-state index contributed by atoms with van der Waals surface area (Å²) in [5.41, 5.74) is 4.00. The first-order valence-corrected chi connectivity index (χ1v) is 7.32. The maximum absolute atomic E-state index is 11.0. The Morgan fingerprint density at radius 1 is 1.38 bits per heavy atom. The molecule has 2 aromatic rings. The Hall–Kier alpha value is -1.73. The first-order valence-electron chi connectivity index (χ1n) is 6.52. The minimum absolute atomic E-state index is 0.130. The van der Waals surface area contributed by atoms with Crippen molar-refractivity contribution < 1.29 is 4.92 Å². The number of hydrogen-bond donors (Lipinski definition) is 1. The molecule has 0 bridgehead atoms. The van der Waals surface area contributed by atoms with Gasteiger partial charge in [-0.25, -0.2) is 0 Å². The summed E-state index contributed by atoms with van der Waals surface area (Å²) >= 11 is 3.35. The molecule has 0 saturated carbocycles. The van der Waals surface area contributed by atoms with E-state index in [2.05, 4.69) is 26.3 Å². The monoisotopic (exact) mass is 352 g/mol. The molecule has 0 unspecified atom stereocenters. The number of halogens is 1. The molecule has 0 atom stereocenters. The van der Waals surface area contributed by atoms with Gasteiger partial charge in [0.15, 0.2) is 0 Å². The van der Waals surface area contributed by atoms with Gasteiger partial charge in [0.2, 0.25) is 0 Å². The summed E-state index contributed by atoms with van der Waals surface area (Å²) in [6.45, 7) is 5.04. The van der Waals surface area contributed by atoms with Crippen LogP contribution in [0, 0.1) is 24.0 Å². The van der Waals surface area contributed by atoms with Crippen LogP contribution in [0.4, 0.5) is 5.69 Å². The van der Waals surface area contributed by atoms with Crippen molar-refractivity contribution in [1.29, 1.82) is 0 Å². The molecule has 21 heavy (non-hydrogen) atoms. The topological polar surface area (TPSA) is 73.0 Å². The van der Waals surface area contributed by atoms with Gasteiger partial charge < -0.3 is 5.32 Å². The molecule has 2 rings (SSSR count). The lowest BCUT2D eigenvalue weighted by Gasteiger charge is -2.07. The van der Waals surface area contributed by atoms with Crippen molar-refractivity contribution in [3.63, 3.8) is 0 Å². The summed E-state index contributed by atoms with van der Waals surface area (Å²) in [6, 6.07) is 4.97. The molecule has 0 aliphatic rings. The molecular formula is C14H17BrN4O2. The van der Waals surface area contributed by atoms with Gasteiger partial charge in [-0.1, -0.05) is 15.9 Å². The van der Waals surface area contributed by atoms with Crippen molar-refractivity contribution in [3.8, 4) is 0 Å². The summed E-state index contributed by atoms with van der Waals surface area (Å²) in [5.74, 6) is 0. The quantitative estimate of drug-likeness (QED) is 0.663. The Labute approximate surface area is 131 Å². The second-order valence-corrected chi connectivity index (χ2v) is 5.82. The first kappa shape index (κ1) is 15.7. The third-order valence-electron chi connectivity index (χ3n) is 3.51. The molecule has 1 N–H and O–H groups in total. The van der Waals surface area contributed by atoms with E-state index in [4.69, 9.17) is 0 Å². The molecule has 112 valence electrons. The molecule has 0 saturated heterocycles. The number of hydrogen-bond acceptors (Lipinski definition) is 4. The number of nitro benzene ring substituents is 1. The number of nitro groups is 1. The number of nitrogens with zero attached hydrogens (tertiary/aromatic N) is 3. The Morgan fingerprint density at radius 2 is 2.10 bits per heavy atom. The van der Waals surface area contributed by atoms with Crippen LogP contribution in [0.3, 0.4) is 0 Å². The molecule has 1 aromatic heterocycles. The smallest absolute Gasteiger partial charge is 0.273 e. The summed E-state index contributed by atoms with van der Waals surface area (Å²) in [7, 11) is 1.91.